The van der Waals surface area contributed by atoms with Gasteiger partial charge in [0.2, 0.25) is 0 Å². The van der Waals surface area contributed by atoms with Crippen LogP contribution in [-0.4, -0.2) is 17.1 Å². The van der Waals surface area contributed by atoms with Gasteiger partial charge < -0.3 is 10.5 Å². The van der Waals surface area contributed by atoms with E-state index in [4.69, 9.17) is 10.5 Å². The first-order chi connectivity index (χ1) is 8.71. The summed E-state index contributed by atoms with van der Waals surface area (Å²) in [6.45, 7) is 2.40. The molecule has 0 amide bonds. The third-order valence-electron chi connectivity index (χ3n) is 2.68. The first-order valence-electron chi connectivity index (χ1n) is 5.87. The second-order valence-electron chi connectivity index (χ2n) is 4.15. The van der Waals surface area contributed by atoms with E-state index >= 15 is 0 Å². The fourth-order valence-electron chi connectivity index (χ4n) is 1.81. The van der Waals surface area contributed by atoms with Crippen molar-refractivity contribution in [3.05, 3.63) is 53.1 Å². The lowest BCUT2D eigenvalue weighted by molar-refractivity contribution is 0.414. The molecule has 0 fully saturated rings. The molecule has 0 aliphatic heterocycles. The van der Waals surface area contributed by atoms with Crippen LogP contribution in [-0.2, 0) is 13.0 Å². The number of methoxy groups -OCH3 is 1. The summed E-state index contributed by atoms with van der Waals surface area (Å²) < 4.78 is 5.13. The molecule has 2 aromatic rings. The van der Waals surface area contributed by atoms with E-state index in [9.17, 15) is 0 Å². The van der Waals surface area contributed by atoms with Crippen molar-refractivity contribution in [1.82, 2.24) is 9.97 Å². The molecule has 0 spiro atoms. The summed E-state index contributed by atoms with van der Waals surface area (Å²) in [7, 11) is 1.66. The summed E-state index contributed by atoms with van der Waals surface area (Å²) in [6.07, 6.45) is 0.707. The van der Waals surface area contributed by atoms with E-state index in [2.05, 4.69) is 9.97 Å². The summed E-state index contributed by atoms with van der Waals surface area (Å²) in [5, 5.41) is 0. The van der Waals surface area contributed by atoms with E-state index in [0.29, 0.717) is 13.0 Å². The number of rotatable bonds is 4. The van der Waals surface area contributed by atoms with Crippen molar-refractivity contribution in [1.29, 1.82) is 0 Å². The molecule has 2 N–H and O–H groups in total. The van der Waals surface area contributed by atoms with Crippen molar-refractivity contribution in [2.75, 3.05) is 7.11 Å². The maximum Gasteiger partial charge on any atom is 0.133 e. The van der Waals surface area contributed by atoms with Crippen LogP contribution in [0.3, 0.4) is 0 Å². The van der Waals surface area contributed by atoms with Crippen LogP contribution < -0.4 is 10.5 Å². The highest BCUT2D eigenvalue weighted by molar-refractivity contribution is 5.29. The molecule has 1 aromatic carbocycles. The van der Waals surface area contributed by atoms with Gasteiger partial charge in [-0.05, 0) is 30.7 Å². The van der Waals surface area contributed by atoms with Gasteiger partial charge in [-0.3, -0.25) is 0 Å². The molecule has 4 nitrogen and oxygen atoms in total. The van der Waals surface area contributed by atoms with Gasteiger partial charge in [-0.1, -0.05) is 12.1 Å². The van der Waals surface area contributed by atoms with Gasteiger partial charge in [-0.25, -0.2) is 9.97 Å². The Hall–Kier alpha value is -1.94. The molecule has 0 atom stereocenters. The van der Waals surface area contributed by atoms with Crippen LogP contribution in [0, 0.1) is 6.92 Å². The van der Waals surface area contributed by atoms with Crippen LogP contribution in [0.1, 0.15) is 22.8 Å². The molecule has 94 valence electrons. The van der Waals surface area contributed by atoms with Crippen molar-refractivity contribution >= 4 is 0 Å². The quantitative estimate of drug-likeness (QED) is 0.890. The van der Waals surface area contributed by atoms with Gasteiger partial charge >= 0.3 is 0 Å². The van der Waals surface area contributed by atoms with E-state index in [-0.39, 0.29) is 0 Å². The average Bonchev–Trinajstić information content (AvgIpc) is 2.39. The Morgan fingerprint density at radius 2 is 1.89 bits per heavy atom. The van der Waals surface area contributed by atoms with E-state index in [1.165, 1.54) is 0 Å². The van der Waals surface area contributed by atoms with E-state index in [0.717, 1.165) is 28.5 Å². The van der Waals surface area contributed by atoms with Crippen LogP contribution in [0.4, 0.5) is 0 Å². The molecule has 0 bridgehead atoms. The summed E-state index contributed by atoms with van der Waals surface area (Å²) in [6, 6.07) is 9.83. The average molecular weight is 243 g/mol. The van der Waals surface area contributed by atoms with Crippen molar-refractivity contribution in [3.8, 4) is 5.75 Å². The first-order valence-corrected chi connectivity index (χ1v) is 5.87. The van der Waals surface area contributed by atoms with Crippen molar-refractivity contribution < 1.29 is 4.74 Å². The molecular formula is C14H17N3O. The number of aryl methyl sites for hydroxylation is 1. The van der Waals surface area contributed by atoms with E-state index in [1.54, 1.807) is 7.11 Å². The van der Waals surface area contributed by atoms with Gasteiger partial charge in [0.05, 0.1) is 12.8 Å². The highest BCUT2D eigenvalue weighted by Gasteiger charge is 2.03. The molecule has 0 aliphatic carbocycles. The number of hydrogen-bond donors (Lipinski definition) is 1. The number of benzene rings is 1. The molecule has 0 saturated heterocycles. The molecule has 0 aliphatic rings. The predicted molar refractivity (Wildman–Crippen MR) is 70.5 cm³/mol. The monoisotopic (exact) mass is 243 g/mol. The molecule has 0 unspecified atom stereocenters. The Labute approximate surface area is 107 Å². The second-order valence-corrected chi connectivity index (χ2v) is 4.15. The number of ether oxygens (including phenoxy) is 1. The minimum Gasteiger partial charge on any atom is -0.497 e. The number of nitrogens with zero attached hydrogens (tertiary/aromatic N) is 2. The number of hydrogen-bond acceptors (Lipinski definition) is 4. The molecule has 1 heterocycles. The maximum absolute atomic E-state index is 5.61. The van der Waals surface area contributed by atoms with E-state index in [1.807, 2.05) is 37.3 Å². The van der Waals surface area contributed by atoms with Gasteiger partial charge in [-0.2, -0.15) is 0 Å². The van der Waals surface area contributed by atoms with Crippen LogP contribution in [0.5, 0.6) is 5.75 Å². The summed E-state index contributed by atoms with van der Waals surface area (Å²) in [5.41, 5.74) is 8.60. The zero-order chi connectivity index (χ0) is 13.0. The molecule has 2 rings (SSSR count). The zero-order valence-corrected chi connectivity index (χ0v) is 10.7. The van der Waals surface area contributed by atoms with E-state index < -0.39 is 0 Å². The highest BCUT2D eigenvalue weighted by atomic mass is 16.5. The third kappa shape index (κ3) is 3.05. The summed E-state index contributed by atoms with van der Waals surface area (Å²) in [5.74, 6) is 1.66. The third-order valence-corrected chi connectivity index (χ3v) is 2.68. The van der Waals surface area contributed by atoms with Gasteiger partial charge in [0.15, 0.2) is 0 Å². The van der Waals surface area contributed by atoms with Crippen molar-refractivity contribution in [2.45, 2.75) is 19.9 Å². The molecule has 0 saturated carbocycles. The normalized spacial score (nSPS) is 10.4. The zero-order valence-electron chi connectivity index (χ0n) is 10.7. The smallest absolute Gasteiger partial charge is 0.133 e. The van der Waals surface area contributed by atoms with Gasteiger partial charge in [-0.15, -0.1) is 0 Å². The summed E-state index contributed by atoms with van der Waals surface area (Å²) in [4.78, 5) is 8.84. The second kappa shape index (κ2) is 5.60. The number of aromatic nitrogens is 2. The summed E-state index contributed by atoms with van der Waals surface area (Å²) >= 11 is 0. The van der Waals surface area contributed by atoms with Crippen LogP contribution >= 0.6 is 0 Å². The Morgan fingerprint density at radius 3 is 2.50 bits per heavy atom. The first kappa shape index (κ1) is 12.5. The van der Waals surface area contributed by atoms with Crippen molar-refractivity contribution in [3.63, 3.8) is 0 Å². The molecule has 1 aromatic heterocycles. The van der Waals surface area contributed by atoms with Crippen LogP contribution in [0.25, 0.3) is 0 Å². The lowest BCUT2D eigenvalue weighted by atomic mass is 10.1. The van der Waals surface area contributed by atoms with Gasteiger partial charge in [0.25, 0.3) is 0 Å². The molecule has 0 radical (unpaired) electrons. The molecule has 4 heteroatoms. The topological polar surface area (TPSA) is 61.0 Å². The van der Waals surface area contributed by atoms with Gasteiger partial charge in [0, 0.05) is 18.7 Å². The van der Waals surface area contributed by atoms with Crippen LogP contribution in [0.15, 0.2) is 30.3 Å². The Balaban J connectivity index is 2.19. The largest absolute Gasteiger partial charge is 0.497 e. The fourth-order valence-corrected chi connectivity index (χ4v) is 1.81. The molecule has 18 heavy (non-hydrogen) atoms. The Bertz CT molecular complexity index is 523. The number of nitrogens with two attached hydrogens (primary N) is 1. The maximum atomic E-state index is 5.61. The van der Waals surface area contributed by atoms with Crippen LogP contribution in [0.2, 0.25) is 0 Å². The lowest BCUT2D eigenvalue weighted by Gasteiger charge is -2.05. The molecular weight excluding hydrogens is 226 g/mol. The minimum absolute atomic E-state index is 0.443. The lowest BCUT2D eigenvalue weighted by Crippen LogP contribution is -2.06. The fraction of sp³-hybridized carbons (Fsp3) is 0.286. The Kier molecular flexibility index (Phi) is 3.89. The SMILES string of the molecule is COc1ccc(Cc2nc(C)cc(CN)n2)cc1. The highest BCUT2D eigenvalue weighted by Crippen LogP contribution is 2.13. The van der Waals surface area contributed by atoms with Gasteiger partial charge in [0.1, 0.15) is 11.6 Å². The minimum atomic E-state index is 0.443. The Morgan fingerprint density at radius 1 is 1.17 bits per heavy atom. The van der Waals surface area contributed by atoms with Crippen molar-refractivity contribution in [2.24, 2.45) is 5.73 Å². The predicted octanol–water partition coefficient (Wildman–Crippen LogP) is 1.84. The standard InChI is InChI=1S/C14H17N3O/c1-10-7-12(9-15)17-14(16-10)8-11-3-5-13(18-2)6-4-11/h3-7H,8-9,15H2,1-2H3.